The number of ether oxygens (including phenoxy) is 1. The van der Waals surface area contributed by atoms with Gasteiger partial charge in [0, 0.05) is 0 Å². The summed E-state index contributed by atoms with van der Waals surface area (Å²) in [6.45, 7) is 0.928. The summed E-state index contributed by atoms with van der Waals surface area (Å²) in [5.41, 5.74) is 1.46. The molecule has 2 heteroatoms. The van der Waals surface area contributed by atoms with Gasteiger partial charge in [0.2, 0.25) is 0 Å². The largest absolute Gasteiger partial charge is 0.362 e. The molecule has 5 aliphatic rings. The van der Waals surface area contributed by atoms with Crippen LogP contribution in [0, 0.1) is 23.7 Å². The monoisotopic (exact) mass is 286 g/mol. The van der Waals surface area contributed by atoms with E-state index >= 15 is 0 Å². The first kappa shape index (κ1) is 12.1. The van der Waals surface area contributed by atoms with Gasteiger partial charge in [-0.05, 0) is 61.3 Å². The van der Waals surface area contributed by atoms with Crippen LogP contribution in [0.2, 0.25) is 0 Å². The van der Waals surface area contributed by atoms with E-state index in [0.29, 0.717) is 5.25 Å². The van der Waals surface area contributed by atoms with Crippen LogP contribution in [-0.4, -0.2) is 11.5 Å². The number of rotatable bonds is 1. The fourth-order valence-corrected chi connectivity index (χ4v) is 7.38. The van der Waals surface area contributed by atoms with Crippen LogP contribution in [0.5, 0.6) is 0 Å². The van der Waals surface area contributed by atoms with E-state index in [0.717, 1.165) is 30.3 Å². The summed E-state index contributed by atoms with van der Waals surface area (Å²) in [6, 6.07) is 11.0. The van der Waals surface area contributed by atoms with Crippen LogP contribution in [0.3, 0.4) is 0 Å². The van der Waals surface area contributed by atoms with Gasteiger partial charge in [-0.15, -0.1) is 11.8 Å². The number of hydrogen-bond donors (Lipinski definition) is 0. The quantitative estimate of drug-likeness (QED) is 0.743. The number of thioether (sulfide) groups is 1. The van der Waals surface area contributed by atoms with Crippen molar-refractivity contribution in [1.29, 1.82) is 0 Å². The molecular weight excluding hydrogens is 264 g/mol. The summed E-state index contributed by atoms with van der Waals surface area (Å²) >= 11 is 2.18. The topological polar surface area (TPSA) is 9.23 Å². The lowest BCUT2D eigenvalue weighted by molar-refractivity contribution is -0.139. The highest BCUT2D eigenvalue weighted by molar-refractivity contribution is 8.01. The lowest BCUT2D eigenvalue weighted by atomic mass is 9.54. The lowest BCUT2D eigenvalue weighted by Gasteiger charge is -2.58. The van der Waals surface area contributed by atoms with Crippen molar-refractivity contribution >= 4 is 11.8 Å². The van der Waals surface area contributed by atoms with Crippen LogP contribution in [0.25, 0.3) is 0 Å². The molecule has 4 aliphatic carbocycles. The molecule has 1 saturated heterocycles. The Morgan fingerprint density at radius 1 is 0.900 bits per heavy atom. The molecule has 4 bridgehead atoms. The second-order valence-electron chi connectivity index (χ2n) is 7.35. The smallest absolute Gasteiger partial charge is 0.120 e. The van der Waals surface area contributed by atoms with Crippen molar-refractivity contribution in [2.24, 2.45) is 23.7 Å². The van der Waals surface area contributed by atoms with Gasteiger partial charge in [0.15, 0.2) is 0 Å². The van der Waals surface area contributed by atoms with E-state index in [1.165, 1.54) is 37.7 Å². The zero-order valence-electron chi connectivity index (χ0n) is 11.8. The van der Waals surface area contributed by atoms with E-state index in [1.807, 2.05) is 0 Å². The first-order valence-corrected chi connectivity index (χ1v) is 9.08. The third-order valence-electron chi connectivity index (χ3n) is 6.23. The third kappa shape index (κ3) is 1.61. The fraction of sp³-hybridized carbons (Fsp3) is 0.667. The number of benzene rings is 1. The molecule has 1 nitrogen and oxygen atoms in total. The average molecular weight is 286 g/mol. The predicted octanol–water partition coefficient (Wildman–Crippen LogP) is 4.64. The van der Waals surface area contributed by atoms with Crippen molar-refractivity contribution in [1.82, 2.24) is 0 Å². The first-order valence-electron chi connectivity index (χ1n) is 8.20. The van der Waals surface area contributed by atoms with E-state index in [1.54, 1.807) is 0 Å². The molecular formula is C18H22OS. The fourth-order valence-electron chi connectivity index (χ4n) is 5.60. The predicted molar refractivity (Wildman–Crippen MR) is 82.5 cm³/mol. The highest BCUT2D eigenvalue weighted by Gasteiger charge is 2.61. The summed E-state index contributed by atoms with van der Waals surface area (Å²) in [5, 5.41) is 0.564. The van der Waals surface area contributed by atoms with Gasteiger partial charge in [0.1, 0.15) is 4.93 Å². The van der Waals surface area contributed by atoms with Crippen molar-refractivity contribution in [3.8, 4) is 0 Å². The highest BCUT2D eigenvalue weighted by atomic mass is 32.2. The van der Waals surface area contributed by atoms with E-state index in [9.17, 15) is 0 Å². The molecule has 4 saturated carbocycles. The Bertz CT molecular complexity index is 483. The molecule has 1 heterocycles. The molecule has 0 aromatic heterocycles. The molecule has 0 amide bonds. The molecule has 5 fully saturated rings. The van der Waals surface area contributed by atoms with Gasteiger partial charge in [-0.1, -0.05) is 30.3 Å². The Morgan fingerprint density at radius 3 is 2.20 bits per heavy atom. The maximum atomic E-state index is 6.55. The van der Waals surface area contributed by atoms with Crippen LogP contribution in [0.1, 0.15) is 42.9 Å². The van der Waals surface area contributed by atoms with Crippen molar-refractivity contribution in [3.05, 3.63) is 35.9 Å². The minimum atomic E-state index is 0.188. The Kier molecular flexibility index (Phi) is 2.58. The summed E-state index contributed by atoms with van der Waals surface area (Å²) in [5.74, 6) is 3.75. The minimum Gasteiger partial charge on any atom is -0.362 e. The zero-order chi connectivity index (χ0) is 13.2. The van der Waals surface area contributed by atoms with Crippen LogP contribution < -0.4 is 0 Å². The highest BCUT2D eigenvalue weighted by Crippen LogP contribution is 2.67. The third-order valence-corrected chi connectivity index (χ3v) is 8.08. The van der Waals surface area contributed by atoms with Crippen molar-refractivity contribution in [2.75, 3.05) is 6.61 Å². The second kappa shape index (κ2) is 4.27. The molecule has 1 aromatic carbocycles. The first-order chi connectivity index (χ1) is 9.83. The van der Waals surface area contributed by atoms with Gasteiger partial charge >= 0.3 is 0 Å². The molecule has 106 valence electrons. The van der Waals surface area contributed by atoms with E-state index in [4.69, 9.17) is 4.74 Å². The van der Waals surface area contributed by atoms with Crippen LogP contribution in [0.15, 0.2) is 30.3 Å². The molecule has 1 aromatic rings. The molecule has 1 aliphatic heterocycles. The molecule has 0 radical (unpaired) electrons. The number of hydrogen-bond acceptors (Lipinski definition) is 2. The summed E-state index contributed by atoms with van der Waals surface area (Å²) in [6.07, 6.45) is 7.31. The van der Waals surface area contributed by atoms with Gasteiger partial charge < -0.3 is 4.74 Å². The maximum Gasteiger partial charge on any atom is 0.120 e. The molecule has 1 spiro atoms. The zero-order valence-corrected chi connectivity index (χ0v) is 12.6. The van der Waals surface area contributed by atoms with Crippen molar-refractivity contribution in [3.63, 3.8) is 0 Å². The van der Waals surface area contributed by atoms with Crippen molar-refractivity contribution < 1.29 is 4.74 Å². The molecule has 1 atom stereocenters. The van der Waals surface area contributed by atoms with Gasteiger partial charge in [-0.3, -0.25) is 0 Å². The van der Waals surface area contributed by atoms with Crippen LogP contribution >= 0.6 is 11.8 Å². The van der Waals surface area contributed by atoms with Gasteiger partial charge in [0.25, 0.3) is 0 Å². The molecule has 6 rings (SSSR count). The van der Waals surface area contributed by atoms with Gasteiger partial charge in [-0.25, -0.2) is 0 Å². The van der Waals surface area contributed by atoms with E-state index in [-0.39, 0.29) is 4.93 Å². The summed E-state index contributed by atoms with van der Waals surface area (Å²) in [4.78, 5) is 0.188. The molecule has 20 heavy (non-hydrogen) atoms. The van der Waals surface area contributed by atoms with Crippen LogP contribution in [0.4, 0.5) is 0 Å². The summed E-state index contributed by atoms with van der Waals surface area (Å²) < 4.78 is 6.55. The van der Waals surface area contributed by atoms with Gasteiger partial charge in [0.05, 0.1) is 11.9 Å². The summed E-state index contributed by atoms with van der Waals surface area (Å²) in [7, 11) is 0. The average Bonchev–Trinajstić information content (AvgIpc) is 2.91. The molecule has 0 N–H and O–H groups in total. The van der Waals surface area contributed by atoms with Gasteiger partial charge in [-0.2, -0.15) is 0 Å². The van der Waals surface area contributed by atoms with E-state index < -0.39 is 0 Å². The molecule has 0 unspecified atom stereocenters. The Balaban J connectivity index is 1.45. The standard InChI is InChI=1S/C18H22OS/c1-2-4-14(5-3-1)17-11-19-18(20-17)15-7-12-6-13(9-15)10-16(18)8-12/h1-5,12-13,15-17H,6-11H2/t12?,13?,15?,16?,17-,18?/m1/s1. The van der Waals surface area contributed by atoms with Crippen molar-refractivity contribution in [2.45, 2.75) is 42.3 Å². The lowest BCUT2D eigenvalue weighted by Crippen LogP contribution is -2.55. The Hall–Kier alpha value is -0.470. The Labute approximate surface area is 125 Å². The maximum absolute atomic E-state index is 6.55. The normalized spacial score (nSPS) is 49.1. The minimum absolute atomic E-state index is 0.188. The second-order valence-corrected chi connectivity index (χ2v) is 8.80. The van der Waals surface area contributed by atoms with E-state index in [2.05, 4.69) is 42.1 Å². The van der Waals surface area contributed by atoms with Crippen LogP contribution in [-0.2, 0) is 4.74 Å². The SMILES string of the molecule is c1ccc([C@H]2COC3(S2)C2CC4CC(C2)CC3C4)cc1. The Morgan fingerprint density at radius 2 is 1.55 bits per heavy atom.